The van der Waals surface area contributed by atoms with E-state index in [1.807, 2.05) is 26.8 Å². The second-order valence-corrected chi connectivity index (χ2v) is 9.39. The second kappa shape index (κ2) is 8.74. The van der Waals surface area contributed by atoms with Crippen LogP contribution >= 0.6 is 0 Å². The van der Waals surface area contributed by atoms with Gasteiger partial charge in [0.15, 0.2) is 0 Å². The molecular weight excluding hydrogens is 370 g/mol. The van der Waals surface area contributed by atoms with E-state index in [0.717, 1.165) is 24.6 Å². The lowest BCUT2D eigenvalue weighted by Crippen LogP contribution is -2.59. The topological polar surface area (TPSA) is 84.9 Å². The van der Waals surface area contributed by atoms with Crippen molar-refractivity contribution in [1.82, 2.24) is 5.32 Å². The summed E-state index contributed by atoms with van der Waals surface area (Å²) in [6, 6.07) is 7.12. The molecule has 6 heteroatoms. The number of carbonyl (C=O) groups excluding carboxylic acids is 1. The Morgan fingerprint density at radius 2 is 2.07 bits per heavy atom. The molecule has 1 heterocycles. The van der Waals surface area contributed by atoms with Crippen LogP contribution in [0.3, 0.4) is 0 Å². The molecule has 0 unspecified atom stereocenters. The molecule has 0 radical (unpaired) electrons. The van der Waals surface area contributed by atoms with Crippen molar-refractivity contribution in [3.63, 3.8) is 0 Å². The summed E-state index contributed by atoms with van der Waals surface area (Å²) in [5.41, 5.74) is 2.79. The number of carbonyl (C=O) groups is 2. The van der Waals surface area contributed by atoms with Gasteiger partial charge >= 0.3 is 5.97 Å². The smallest absolute Gasteiger partial charge is 0.314 e. The Kier molecular flexibility index (Phi) is 6.52. The summed E-state index contributed by atoms with van der Waals surface area (Å²) in [4.78, 5) is 20.3. The zero-order valence-corrected chi connectivity index (χ0v) is 17.7. The van der Waals surface area contributed by atoms with Crippen LogP contribution in [0.25, 0.3) is 0 Å². The van der Waals surface area contributed by atoms with Gasteiger partial charge in [0.2, 0.25) is 6.79 Å². The van der Waals surface area contributed by atoms with Gasteiger partial charge in [-0.1, -0.05) is 18.9 Å². The van der Waals surface area contributed by atoms with Gasteiger partial charge in [-0.05, 0) is 82.2 Å². The molecule has 160 valence electrons. The molecule has 3 atom stereocenters. The zero-order chi connectivity index (χ0) is 21.1. The number of esters is 1. The third-order valence-electron chi connectivity index (χ3n) is 6.65. The molecule has 1 aromatic carbocycles. The van der Waals surface area contributed by atoms with E-state index in [0.29, 0.717) is 11.5 Å². The van der Waals surface area contributed by atoms with E-state index in [1.165, 1.54) is 43.2 Å². The lowest BCUT2D eigenvalue weighted by molar-refractivity contribution is -0.159. The number of piperidine rings is 1. The van der Waals surface area contributed by atoms with Gasteiger partial charge in [-0.3, -0.25) is 9.59 Å². The summed E-state index contributed by atoms with van der Waals surface area (Å²) in [5, 5.41) is 10.7. The van der Waals surface area contributed by atoms with Crippen LogP contribution in [0.1, 0.15) is 64.0 Å². The molecule has 1 saturated carbocycles. The van der Waals surface area contributed by atoms with Crippen molar-refractivity contribution in [2.75, 3.05) is 13.3 Å². The fourth-order valence-electron chi connectivity index (χ4n) is 5.36. The highest BCUT2D eigenvalue weighted by Gasteiger charge is 2.51. The number of rotatable bonds is 3. The first-order chi connectivity index (χ1) is 13.8. The van der Waals surface area contributed by atoms with Crippen LogP contribution in [0, 0.1) is 11.3 Å². The van der Waals surface area contributed by atoms with Gasteiger partial charge in [0.05, 0.1) is 5.41 Å². The second-order valence-electron chi connectivity index (χ2n) is 9.39. The van der Waals surface area contributed by atoms with Crippen LogP contribution in [0.2, 0.25) is 0 Å². The van der Waals surface area contributed by atoms with Crippen LogP contribution in [0.5, 0.6) is 5.75 Å². The predicted octanol–water partition coefficient (Wildman–Crippen LogP) is 3.66. The minimum Gasteiger partial charge on any atom is -0.483 e. The Morgan fingerprint density at radius 1 is 1.31 bits per heavy atom. The molecule has 2 fully saturated rings. The summed E-state index contributed by atoms with van der Waals surface area (Å²) in [6.45, 7) is 6.41. The molecule has 1 saturated heterocycles. The van der Waals surface area contributed by atoms with E-state index in [9.17, 15) is 4.79 Å². The molecule has 1 aromatic rings. The van der Waals surface area contributed by atoms with E-state index < -0.39 is 5.41 Å². The number of ether oxygens (including phenoxy) is 2. The number of fused-ring (bicyclic) bond motifs is 1. The molecule has 0 spiro atoms. The largest absolute Gasteiger partial charge is 0.483 e. The first kappa shape index (κ1) is 21.6. The first-order valence-electron chi connectivity index (χ1n) is 10.6. The summed E-state index contributed by atoms with van der Waals surface area (Å²) in [6.07, 6.45) is 7.68. The van der Waals surface area contributed by atoms with Gasteiger partial charge in [-0.2, -0.15) is 0 Å². The third-order valence-corrected chi connectivity index (χ3v) is 6.65. The van der Waals surface area contributed by atoms with Crippen LogP contribution in [-0.4, -0.2) is 36.9 Å². The van der Waals surface area contributed by atoms with Crippen molar-refractivity contribution in [3.05, 3.63) is 29.3 Å². The maximum Gasteiger partial charge on any atom is 0.314 e. The highest BCUT2D eigenvalue weighted by Crippen LogP contribution is 2.54. The van der Waals surface area contributed by atoms with Crippen molar-refractivity contribution in [2.45, 2.75) is 70.8 Å². The molecule has 1 aliphatic heterocycles. The van der Waals surface area contributed by atoms with Gasteiger partial charge < -0.3 is 19.9 Å². The molecule has 4 rings (SSSR count). The summed E-state index contributed by atoms with van der Waals surface area (Å²) >= 11 is 0. The monoisotopic (exact) mass is 403 g/mol. The van der Waals surface area contributed by atoms with Gasteiger partial charge in [-0.15, -0.1) is 0 Å². The molecule has 0 amide bonds. The highest BCUT2D eigenvalue weighted by atomic mass is 16.7. The van der Waals surface area contributed by atoms with Crippen molar-refractivity contribution in [2.24, 2.45) is 11.3 Å². The van der Waals surface area contributed by atoms with Crippen molar-refractivity contribution < 1.29 is 24.2 Å². The fraction of sp³-hybridized carbons (Fsp3) is 0.652. The molecule has 2 bridgehead atoms. The maximum atomic E-state index is 11.9. The lowest BCUT2D eigenvalue weighted by atomic mass is 9.53. The number of hydrogen-bond donors (Lipinski definition) is 2. The number of carboxylic acid groups (broad SMARTS) is 1. The molecule has 6 nitrogen and oxygen atoms in total. The fourth-order valence-corrected chi connectivity index (χ4v) is 5.36. The van der Waals surface area contributed by atoms with Gasteiger partial charge in [0.25, 0.3) is 6.47 Å². The number of nitrogens with one attached hydrogen (secondary N) is 1. The quantitative estimate of drug-likeness (QED) is 0.455. The third kappa shape index (κ3) is 4.42. The Morgan fingerprint density at radius 3 is 2.79 bits per heavy atom. The minimum absolute atomic E-state index is 0.0184. The summed E-state index contributed by atoms with van der Waals surface area (Å²) in [5.74, 6) is 1.34. The standard InChI is InChI=1S/C22H31NO3.CH2O2/c1-21(2,3)20(24)26-14-25-16-8-7-15-12-19-17-6-4-5-9-22(17,10-11-23-19)18(15)13-16;2-1-3/h7-8,13,17,19,23H,4-6,9-12,14H2,1-3H3;1H,(H,2,3)/t17-,19+,22+;/m1./s1. The molecule has 2 aliphatic carbocycles. The maximum absolute atomic E-state index is 11.9. The molecule has 2 N–H and O–H groups in total. The predicted molar refractivity (Wildman–Crippen MR) is 110 cm³/mol. The van der Waals surface area contributed by atoms with Crippen LogP contribution in [0.15, 0.2) is 18.2 Å². The minimum atomic E-state index is -0.502. The molecule has 3 aliphatic rings. The highest BCUT2D eigenvalue weighted by molar-refractivity contribution is 5.75. The Bertz CT molecular complexity index is 737. The van der Waals surface area contributed by atoms with E-state index in [2.05, 4.69) is 17.4 Å². The van der Waals surface area contributed by atoms with Gasteiger partial charge in [0, 0.05) is 11.5 Å². The van der Waals surface area contributed by atoms with E-state index in [4.69, 9.17) is 19.4 Å². The molecule has 29 heavy (non-hydrogen) atoms. The van der Waals surface area contributed by atoms with E-state index in [-0.39, 0.29) is 19.2 Å². The average molecular weight is 404 g/mol. The van der Waals surface area contributed by atoms with E-state index in [1.54, 1.807) is 0 Å². The van der Waals surface area contributed by atoms with Crippen molar-refractivity contribution in [3.8, 4) is 5.75 Å². The average Bonchev–Trinajstić information content (AvgIpc) is 2.68. The van der Waals surface area contributed by atoms with Crippen molar-refractivity contribution >= 4 is 12.4 Å². The van der Waals surface area contributed by atoms with E-state index >= 15 is 0 Å². The Labute approximate surface area is 173 Å². The van der Waals surface area contributed by atoms with Crippen molar-refractivity contribution in [1.29, 1.82) is 0 Å². The van der Waals surface area contributed by atoms with Gasteiger partial charge in [0.1, 0.15) is 5.75 Å². The van der Waals surface area contributed by atoms with Crippen LogP contribution in [0.4, 0.5) is 0 Å². The zero-order valence-electron chi connectivity index (χ0n) is 17.7. The Hall–Kier alpha value is -2.08. The Balaban J connectivity index is 0.000000755. The molecular formula is C23H33NO5. The van der Waals surface area contributed by atoms with Gasteiger partial charge in [-0.25, -0.2) is 0 Å². The summed E-state index contributed by atoms with van der Waals surface area (Å²) in [7, 11) is 0. The van der Waals surface area contributed by atoms with Crippen LogP contribution < -0.4 is 10.1 Å². The number of hydrogen-bond acceptors (Lipinski definition) is 5. The first-order valence-corrected chi connectivity index (χ1v) is 10.6. The SMILES string of the molecule is CC(C)(C)C(=O)OCOc1ccc2c(c1)[C@]13CCCC[C@@H]1[C@H](C2)NCC3.O=CO. The number of benzene rings is 1. The normalized spacial score (nSPS) is 27.4. The van der Waals surface area contributed by atoms with Crippen LogP contribution in [-0.2, 0) is 26.2 Å². The lowest BCUT2D eigenvalue weighted by Gasteiger charge is -2.56. The molecule has 0 aromatic heterocycles. The summed E-state index contributed by atoms with van der Waals surface area (Å²) < 4.78 is 11.1.